The molecule has 1 fully saturated rings. The molecular formula is C11H11F3O5S. The van der Waals surface area contributed by atoms with E-state index in [1.54, 1.807) is 0 Å². The van der Waals surface area contributed by atoms with Gasteiger partial charge in [0, 0.05) is 0 Å². The summed E-state index contributed by atoms with van der Waals surface area (Å²) in [4.78, 5) is 0. The first-order chi connectivity index (χ1) is 9.15. The molecule has 1 aliphatic rings. The number of aliphatic hydroxyl groups excluding tert-OH is 1. The molecule has 0 amide bonds. The van der Waals surface area contributed by atoms with Crippen molar-refractivity contribution in [3.05, 3.63) is 24.3 Å². The van der Waals surface area contributed by atoms with Crippen LogP contribution in [0.1, 0.15) is 0 Å². The van der Waals surface area contributed by atoms with Gasteiger partial charge in [-0.05, 0) is 24.3 Å². The predicted molar refractivity (Wildman–Crippen MR) is 62.2 cm³/mol. The van der Waals surface area contributed by atoms with Gasteiger partial charge in [0.1, 0.15) is 23.7 Å². The van der Waals surface area contributed by atoms with Crippen LogP contribution >= 0.6 is 0 Å². The molecule has 1 saturated heterocycles. The molecule has 112 valence electrons. The Morgan fingerprint density at radius 1 is 1.10 bits per heavy atom. The van der Waals surface area contributed by atoms with Crippen LogP contribution in [0.15, 0.2) is 24.3 Å². The Morgan fingerprint density at radius 3 is 2.10 bits per heavy atom. The summed E-state index contributed by atoms with van der Waals surface area (Å²) in [5.74, 6) is -0.966. The van der Waals surface area contributed by atoms with Crippen LogP contribution in [0.2, 0.25) is 0 Å². The zero-order valence-electron chi connectivity index (χ0n) is 10.0. The van der Waals surface area contributed by atoms with Gasteiger partial charge in [0.05, 0.1) is 11.5 Å². The van der Waals surface area contributed by atoms with Crippen LogP contribution < -0.4 is 9.47 Å². The van der Waals surface area contributed by atoms with Crippen LogP contribution in [0, 0.1) is 0 Å². The molecular weight excluding hydrogens is 301 g/mol. The Kier molecular flexibility index (Phi) is 3.83. The molecule has 1 heterocycles. The summed E-state index contributed by atoms with van der Waals surface area (Å²) in [6, 6.07) is 4.49. The molecule has 2 rings (SSSR count). The third-order valence-electron chi connectivity index (χ3n) is 2.62. The minimum absolute atomic E-state index is 0.153. The second-order valence-corrected chi connectivity index (χ2v) is 6.47. The number of hydrogen-bond acceptors (Lipinski definition) is 5. The number of ether oxygens (including phenoxy) is 2. The van der Waals surface area contributed by atoms with Crippen LogP contribution in [-0.4, -0.2) is 43.6 Å². The van der Waals surface area contributed by atoms with Crippen molar-refractivity contribution in [2.45, 2.75) is 18.6 Å². The first-order valence-electron chi connectivity index (χ1n) is 5.56. The van der Waals surface area contributed by atoms with Crippen molar-refractivity contribution in [2.75, 3.05) is 11.5 Å². The van der Waals surface area contributed by atoms with Crippen molar-refractivity contribution in [1.82, 2.24) is 0 Å². The highest BCUT2D eigenvalue weighted by Gasteiger charge is 2.38. The summed E-state index contributed by atoms with van der Waals surface area (Å²) < 4.78 is 67.3. The van der Waals surface area contributed by atoms with Gasteiger partial charge in [-0.25, -0.2) is 8.42 Å². The van der Waals surface area contributed by atoms with Crippen molar-refractivity contribution >= 4 is 9.84 Å². The largest absolute Gasteiger partial charge is 0.573 e. The number of sulfone groups is 1. The van der Waals surface area contributed by atoms with E-state index in [4.69, 9.17) is 4.74 Å². The molecule has 1 aromatic rings. The van der Waals surface area contributed by atoms with E-state index in [2.05, 4.69) is 4.74 Å². The van der Waals surface area contributed by atoms with E-state index in [-0.39, 0.29) is 17.3 Å². The lowest BCUT2D eigenvalue weighted by Gasteiger charge is -2.16. The van der Waals surface area contributed by atoms with E-state index in [1.165, 1.54) is 12.1 Å². The van der Waals surface area contributed by atoms with Gasteiger partial charge >= 0.3 is 6.36 Å². The first-order valence-corrected chi connectivity index (χ1v) is 7.38. The molecule has 20 heavy (non-hydrogen) atoms. The summed E-state index contributed by atoms with van der Waals surface area (Å²) in [7, 11) is -3.35. The SMILES string of the molecule is O=S1(=O)CC(O)C(Oc2ccc(OC(F)(F)F)cc2)C1. The van der Waals surface area contributed by atoms with Gasteiger partial charge in [0.25, 0.3) is 0 Å². The van der Waals surface area contributed by atoms with Crippen LogP contribution in [0.25, 0.3) is 0 Å². The Hall–Kier alpha value is -1.48. The van der Waals surface area contributed by atoms with Crippen LogP contribution in [0.3, 0.4) is 0 Å². The third-order valence-corrected chi connectivity index (χ3v) is 4.30. The van der Waals surface area contributed by atoms with Gasteiger partial charge in [-0.2, -0.15) is 0 Å². The van der Waals surface area contributed by atoms with Crippen LogP contribution in [0.5, 0.6) is 11.5 Å². The van der Waals surface area contributed by atoms with Gasteiger partial charge in [-0.3, -0.25) is 0 Å². The quantitative estimate of drug-likeness (QED) is 0.905. The molecule has 0 saturated carbocycles. The first kappa shape index (κ1) is 14.9. The molecule has 0 aliphatic carbocycles. The lowest BCUT2D eigenvalue weighted by molar-refractivity contribution is -0.274. The average molecular weight is 312 g/mol. The molecule has 9 heteroatoms. The fraction of sp³-hybridized carbons (Fsp3) is 0.455. The van der Waals surface area contributed by atoms with Crippen molar-refractivity contribution in [1.29, 1.82) is 0 Å². The Labute approximate surface area is 112 Å². The minimum atomic E-state index is -4.78. The third kappa shape index (κ3) is 4.01. The second-order valence-electron chi connectivity index (χ2n) is 4.32. The van der Waals surface area contributed by atoms with Crippen LogP contribution in [0.4, 0.5) is 13.2 Å². The molecule has 0 spiro atoms. The Bertz CT molecular complexity index is 567. The fourth-order valence-electron chi connectivity index (χ4n) is 1.80. The summed E-state index contributed by atoms with van der Waals surface area (Å²) in [6.07, 6.45) is -6.85. The summed E-state index contributed by atoms with van der Waals surface area (Å²) >= 11 is 0. The van der Waals surface area contributed by atoms with Crippen molar-refractivity contribution in [3.8, 4) is 11.5 Å². The summed E-state index contributed by atoms with van der Waals surface area (Å²) in [5, 5.41) is 9.52. The average Bonchev–Trinajstić information content (AvgIpc) is 2.52. The van der Waals surface area contributed by atoms with Crippen molar-refractivity contribution < 1.29 is 36.2 Å². The highest BCUT2D eigenvalue weighted by molar-refractivity contribution is 7.91. The van der Waals surface area contributed by atoms with E-state index < -0.39 is 34.2 Å². The highest BCUT2D eigenvalue weighted by atomic mass is 32.2. The maximum absolute atomic E-state index is 12.0. The van der Waals surface area contributed by atoms with Gasteiger partial charge in [-0.15, -0.1) is 13.2 Å². The maximum Gasteiger partial charge on any atom is 0.573 e. The number of hydrogen-bond donors (Lipinski definition) is 1. The maximum atomic E-state index is 12.0. The van der Waals surface area contributed by atoms with Crippen molar-refractivity contribution in [2.24, 2.45) is 0 Å². The lowest BCUT2D eigenvalue weighted by Crippen LogP contribution is -2.29. The standard InChI is InChI=1S/C11H11F3O5S/c12-11(13,14)19-8-3-1-7(2-4-8)18-10-6-20(16,17)5-9(10)15/h1-4,9-10,15H,5-6H2. The molecule has 1 N–H and O–H groups in total. The second kappa shape index (κ2) is 5.13. The zero-order chi connectivity index (χ0) is 15.0. The molecule has 5 nitrogen and oxygen atoms in total. The Balaban J connectivity index is 2.01. The fourth-order valence-corrected chi connectivity index (χ4v) is 3.47. The summed E-state index contributed by atoms with van der Waals surface area (Å²) in [5.41, 5.74) is 0. The number of halogens is 3. The minimum Gasteiger partial charge on any atom is -0.487 e. The van der Waals surface area contributed by atoms with Crippen LogP contribution in [-0.2, 0) is 9.84 Å². The topological polar surface area (TPSA) is 72.8 Å². The zero-order valence-corrected chi connectivity index (χ0v) is 10.8. The van der Waals surface area contributed by atoms with Crippen molar-refractivity contribution in [3.63, 3.8) is 0 Å². The molecule has 0 bridgehead atoms. The summed E-state index contributed by atoms with van der Waals surface area (Å²) in [6.45, 7) is 0. The molecule has 0 aromatic heterocycles. The number of alkyl halides is 3. The van der Waals surface area contributed by atoms with E-state index in [1.807, 2.05) is 0 Å². The van der Waals surface area contributed by atoms with Gasteiger partial charge < -0.3 is 14.6 Å². The van der Waals surface area contributed by atoms with Gasteiger partial charge in [0.2, 0.25) is 0 Å². The molecule has 1 aromatic carbocycles. The highest BCUT2D eigenvalue weighted by Crippen LogP contribution is 2.26. The van der Waals surface area contributed by atoms with E-state index in [9.17, 15) is 26.7 Å². The molecule has 2 unspecified atom stereocenters. The monoisotopic (exact) mass is 312 g/mol. The number of aliphatic hydroxyl groups is 1. The van der Waals surface area contributed by atoms with E-state index in [0.717, 1.165) is 12.1 Å². The van der Waals surface area contributed by atoms with E-state index in [0.29, 0.717) is 0 Å². The number of rotatable bonds is 3. The van der Waals surface area contributed by atoms with E-state index >= 15 is 0 Å². The molecule has 0 radical (unpaired) electrons. The molecule has 1 aliphatic heterocycles. The Morgan fingerprint density at radius 2 is 1.65 bits per heavy atom. The lowest BCUT2D eigenvalue weighted by atomic mass is 10.2. The molecule has 2 atom stereocenters. The van der Waals surface area contributed by atoms with Gasteiger partial charge in [0.15, 0.2) is 9.84 Å². The van der Waals surface area contributed by atoms with Gasteiger partial charge in [-0.1, -0.05) is 0 Å². The predicted octanol–water partition coefficient (Wildman–Crippen LogP) is 1.12. The normalized spacial score (nSPS) is 25.4. The smallest absolute Gasteiger partial charge is 0.487 e. The number of benzene rings is 1.